The van der Waals surface area contributed by atoms with E-state index in [2.05, 4.69) is 64.8 Å². The molecule has 2 N–H and O–H groups in total. The van der Waals surface area contributed by atoms with Gasteiger partial charge in [0.1, 0.15) is 18.0 Å². The summed E-state index contributed by atoms with van der Waals surface area (Å²) in [6, 6.07) is 11.2. The monoisotopic (exact) mass is 282 g/mol. The smallest absolute Gasteiger partial charge is 0.134 e. The predicted molar refractivity (Wildman–Crippen MR) is 86.8 cm³/mol. The lowest BCUT2D eigenvalue weighted by atomic mass is 10.1. The molecule has 3 rings (SSSR count). The maximum absolute atomic E-state index is 4.39. The molecule has 0 saturated heterocycles. The molecular weight excluding hydrogens is 260 g/mol. The zero-order chi connectivity index (χ0) is 14.7. The van der Waals surface area contributed by atoms with Crippen molar-refractivity contribution in [2.45, 2.75) is 38.6 Å². The van der Waals surface area contributed by atoms with Crippen LogP contribution in [0.4, 0.5) is 11.6 Å². The van der Waals surface area contributed by atoms with E-state index >= 15 is 0 Å². The van der Waals surface area contributed by atoms with Crippen LogP contribution in [0.25, 0.3) is 0 Å². The Hall–Kier alpha value is -2.10. The summed E-state index contributed by atoms with van der Waals surface area (Å²) in [5.41, 5.74) is 2.51. The van der Waals surface area contributed by atoms with Gasteiger partial charge in [0.25, 0.3) is 0 Å². The van der Waals surface area contributed by atoms with Gasteiger partial charge in [0.05, 0.1) is 0 Å². The minimum Gasteiger partial charge on any atom is -0.370 e. The highest BCUT2D eigenvalue weighted by Crippen LogP contribution is 2.42. The second-order valence-corrected chi connectivity index (χ2v) is 5.63. The molecule has 1 aromatic heterocycles. The number of nitrogens with zero attached hydrogens (tertiary/aromatic N) is 2. The van der Waals surface area contributed by atoms with Crippen LogP contribution in [0.3, 0.4) is 0 Å². The quantitative estimate of drug-likeness (QED) is 0.850. The van der Waals surface area contributed by atoms with Crippen molar-refractivity contribution >= 4 is 11.6 Å². The number of hydrogen-bond donors (Lipinski definition) is 2. The highest BCUT2D eigenvalue weighted by atomic mass is 15.1. The first kappa shape index (κ1) is 13.9. The van der Waals surface area contributed by atoms with Gasteiger partial charge in [-0.15, -0.1) is 0 Å². The van der Waals surface area contributed by atoms with Crippen molar-refractivity contribution in [3.8, 4) is 0 Å². The topological polar surface area (TPSA) is 49.8 Å². The van der Waals surface area contributed by atoms with Crippen molar-refractivity contribution in [3.63, 3.8) is 0 Å². The van der Waals surface area contributed by atoms with Gasteiger partial charge in [-0.1, -0.05) is 37.3 Å². The Bertz CT molecular complexity index is 597. The first-order valence-corrected chi connectivity index (χ1v) is 7.66. The van der Waals surface area contributed by atoms with E-state index in [-0.39, 0.29) is 0 Å². The third kappa shape index (κ3) is 3.15. The molecule has 1 aliphatic carbocycles. The first-order chi connectivity index (χ1) is 10.3. The van der Waals surface area contributed by atoms with Gasteiger partial charge in [-0.05, 0) is 25.3 Å². The maximum Gasteiger partial charge on any atom is 0.134 e. The fraction of sp³-hybridized carbons (Fsp3) is 0.412. The number of nitrogens with one attached hydrogen (secondary N) is 2. The van der Waals surface area contributed by atoms with Crippen molar-refractivity contribution in [2.75, 3.05) is 17.2 Å². The minimum absolute atomic E-state index is 0.486. The molecule has 0 aliphatic heterocycles. The average molecular weight is 282 g/mol. The fourth-order valence-corrected chi connectivity index (χ4v) is 2.62. The molecule has 4 heteroatoms. The van der Waals surface area contributed by atoms with E-state index in [4.69, 9.17) is 0 Å². The van der Waals surface area contributed by atoms with Gasteiger partial charge in [0.2, 0.25) is 0 Å². The summed E-state index contributed by atoms with van der Waals surface area (Å²) in [4.78, 5) is 8.71. The molecule has 0 amide bonds. The number of aromatic nitrogens is 2. The molecule has 1 heterocycles. The van der Waals surface area contributed by atoms with Crippen LogP contribution in [-0.2, 0) is 0 Å². The molecule has 2 aromatic rings. The van der Waals surface area contributed by atoms with Crippen LogP contribution in [0.15, 0.2) is 36.7 Å². The van der Waals surface area contributed by atoms with E-state index < -0.39 is 0 Å². The molecule has 0 spiro atoms. The van der Waals surface area contributed by atoms with E-state index in [1.54, 1.807) is 6.33 Å². The average Bonchev–Trinajstić information content (AvgIpc) is 3.28. The van der Waals surface area contributed by atoms with Crippen molar-refractivity contribution < 1.29 is 0 Å². The van der Waals surface area contributed by atoms with Gasteiger partial charge in [-0.25, -0.2) is 9.97 Å². The molecule has 1 saturated carbocycles. The largest absolute Gasteiger partial charge is 0.370 e. The lowest BCUT2D eigenvalue weighted by Crippen LogP contribution is -2.11. The highest BCUT2D eigenvalue weighted by molar-refractivity contribution is 5.57. The number of rotatable bonds is 6. The molecule has 2 atom stereocenters. The Morgan fingerprint density at radius 1 is 1.14 bits per heavy atom. The van der Waals surface area contributed by atoms with Gasteiger partial charge < -0.3 is 10.6 Å². The van der Waals surface area contributed by atoms with E-state index in [9.17, 15) is 0 Å². The third-order valence-corrected chi connectivity index (χ3v) is 3.97. The number of anilines is 2. The van der Waals surface area contributed by atoms with E-state index in [0.717, 1.165) is 30.2 Å². The van der Waals surface area contributed by atoms with Crippen LogP contribution in [0, 0.1) is 6.92 Å². The third-order valence-electron chi connectivity index (χ3n) is 3.97. The van der Waals surface area contributed by atoms with E-state index in [1.165, 1.54) is 12.0 Å². The summed E-state index contributed by atoms with van der Waals surface area (Å²) >= 11 is 0. The lowest BCUT2D eigenvalue weighted by Gasteiger charge is -2.12. The standard InChI is InChI=1S/C17H22N4/c1-3-9-18-16-12(2)17(20-11-19-16)21-15-10-14(15)13-7-5-4-6-8-13/h4-8,11,14-15H,3,9-10H2,1-2H3,(H2,18,19,20,21). The van der Waals surface area contributed by atoms with Crippen LogP contribution in [-0.4, -0.2) is 22.6 Å². The molecular formula is C17H22N4. The second kappa shape index (κ2) is 6.12. The molecule has 1 aromatic carbocycles. The zero-order valence-corrected chi connectivity index (χ0v) is 12.6. The van der Waals surface area contributed by atoms with Gasteiger partial charge in [-0.3, -0.25) is 0 Å². The van der Waals surface area contributed by atoms with Crippen LogP contribution in [0.5, 0.6) is 0 Å². The lowest BCUT2D eigenvalue weighted by molar-refractivity contribution is 0.954. The summed E-state index contributed by atoms with van der Waals surface area (Å²) in [5.74, 6) is 2.49. The maximum atomic E-state index is 4.39. The van der Waals surface area contributed by atoms with Crippen LogP contribution < -0.4 is 10.6 Å². The molecule has 21 heavy (non-hydrogen) atoms. The van der Waals surface area contributed by atoms with Crippen molar-refractivity contribution in [1.29, 1.82) is 0 Å². The molecule has 1 fully saturated rings. The van der Waals surface area contributed by atoms with E-state index in [1.807, 2.05) is 0 Å². The number of benzene rings is 1. The molecule has 110 valence electrons. The van der Waals surface area contributed by atoms with Gasteiger partial charge in [0, 0.05) is 24.1 Å². The summed E-state index contributed by atoms with van der Waals surface area (Å²) in [5, 5.41) is 6.91. The normalized spacial score (nSPS) is 20.1. The molecule has 2 unspecified atom stereocenters. The van der Waals surface area contributed by atoms with Crippen LogP contribution in [0.2, 0.25) is 0 Å². The second-order valence-electron chi connectivity index (χ2n) is 5.63. The van der Waals surface area contributed by atoms with Crippen LogP contribution >= 0.6 is 0 Å². The minimum atomic E-state index is 0.486. The Morgan fingerprint density at radius 2 is 1.90 bits per heavy atom. The first-order valence-electron chi connectivity index (χ1n) is 7.66. The summed E-state index contributed by atoms with van der Waals surface area (Å²) in [7, 11) is 0. The van der Waals surface area contributed by atoms with E-state index in [0.29, 0.717) is 12.0 Å². The Kier molecular flexibility index (Phi) is 4.04. The Balaban J connectivity index is 1.67. The van der Waals surface area contributed by atoms with Gasteiger partial charge in [-0.2, -0.15) is 0 Å². The molecule has 1 aliphatic rings. The Labute approximate surface area is 126 Å². The van der Waals surface area contributed by atoms with Crippen molar-refractivity contribution in [2.24, 2.45) is 0 Å². The van der Waals surface area contributed by atoms with Crippen molar-refractivity contribution in [3.05, 3.63) is 47.8 Å². The molecule has 0 bridgehead atoms. The Morgan fingerprint density at radius 3 is 2.67 bits per heavy atom. The van der Waals surface area contributed by atoms with Gasteiger partial charge in [0.15, 0.2) is 0 Å². The highest BCUT2D eigenvalue weighted by Gasteiger charge is 2.38. The molecule has 4 nitrogen and oxygen atoms in total. The zero-order valence-electron chi connectivity index (χ0n) is 12.6. The van der Waals surface area contributed by atoms with Crippen LogP contribution in [0.1, 0.15) is 36.8 Å². The SMILES string of the molecule is CCCNc1ncnc(NC2CC2c2ccccc2)c1C. The fourth-order valence-electron chi connectivity index (χ4n) is 2.62. The van der Waals surface area contributed by atoms with Crippen molar-refractivity contribution in [1.82, 2.24) is 9.97 Å². The summed E-state index contributed by atoms with van der Waals surface area (Å²) < 4.78 is 0. The number of hydrogen-bond acceptors (Lipinski definition) is 4. The molecule has 0 radical (unpaired) electrons. The van der Waals surface area contributed by atoms with Gasteiger partial charge >= 0.3 is 0 Å². The summed E-state index contributed by atoms with van der Waals surface area (Å²) in [6.45, 7) is 5.16. The predicted octanol–water partition coefficient (Wildman–Crippen LogP) is 3.57. The summed E-state index contributed by atoms with van der Waals surface area (Å²) in [6.07, 6.45) is 3.89.